The molecule has 31 heavy (non-hydrogen) atoms. The van der Waals surface area contributed by atoms with Gasteiger partial charge in [-0.05, 0) is 49.2 Å². The molecule has 3 heterocycles. The summed E-state index contributed by atoms with van der Waals surface area (Å²) in [4.78, 5) is 15.1. The second kappa shape index (κ2) is 7.32. The molecule has 1 aliphatic heterocycles. The fraction of sp³-hybridized carbons (Fsp3) is 0.167. The smallest absolute Gasteiger partial charge is 0.273 e. The van der Waals surface area contributed by atoms with Gasteiger partial charge in [-0.25, -0.2) is 0 Å². The number of rotatable bonds is 4. The fourth-order valence-corrected chi connectivity index (χ4v) is 4.25. The zero-order chi connectivity index (χ0) is 21.7. The van der Waals surface area contributed by atoms with E-state index in [1.165, 1.54) is 0 Å². The predicted octanol–water partition coefficient (Wildman–Crippen LogP) is 5.39. The molecule has 0 fully saturated rings. The minimum Gasteiger partial charge on any atom is -0.507 e. The summed E-state index contributed by atoms with van der Waals surface area (Å²) in [7, 11) is 0. The highest BCUT2D eigenvalue weighted by Gasteiger charge is 2.42. The molecule has 0 bridgehead atoms. The summed E-state index contributed by atoms with van der Waals surface area (Å²) in [6, 6.07) is 14.6. The number of hydrogen-bond acceptors (Lipinski definition) is 4. The van der Waals surface area contributed by atoms with E-state index in [0.717, 1.165) is 22.3 Å². The number of nitrogens with one attached hydrogen (secondary N) is 1. The Kier molecular flexibility index (Phi) is 4.59. The SMILES string of the molecule is Cc1ccc(C2c3c(-c4cc(Cl)c(C)cc4O)n[nH]c3C(=O)N2Cc2ccco2)cc1. The average Bonchev–Trinajstić information content (AvgIpc) is 3.46. The number of amides is 1. The van der Waals surface area contributed by atoms with E-state index in [0.29, 0.717) is 34.3 Å². The number of carbonyl (C=O) groups excluding carboxylic acids is 1. The Balaban J connectivity index is 1.69. The van der Waals surface area contributed by atoms with Gasteiger partial charge in [-0.2, -0.15) is 5.10 Å². The Labute approximate surface area is 184 Å². The van der Waals surface area contributed by atoms with Crippen molar-refractivity contribution >= 4 is 17.5 Å². The Morgan fingerprint density at radius 3 is 2.68 bits per heavy atom. The Bertz CT molecular complexity index is 1280. The molecule has 7 heteroatoms. The first-order chi connectivity index (χ1) is 14.9. The van der Waals surface area contributed by atoms with Crippen molar-refractivity contribution in [1.82, 2.24) is 15.1 Å². The van der Waals surface area contributed by atoms with E-state index in [1.54, 1.807) is 29.4 Å². The second-order valence-corrected chi connectivity index (χ2v) is 8.21. The molecule has 2 aromatic heterocycles. The number of halogens is 1. The van der Waals surface area contributed by atoms with Gasteiger partial charge in [0.15, 0.2) is 0 Å². The number of fused-ring (bicyclic) bond motifs is 1. The molecule has 1 atom stereocenters. The van der Waals surface area contributed by atoms with Crippen molar-refractivity contribution in [3.8, 4) is 17.0 Å². The Morgan fingerprint density at radius 2 is 1.97 bits per heavy atom. The van der Waals surface area contributed by atoms with Crippen LogP contribution in [0.2, 0.25) is 5.02 Å². The van der Waals surface area contributed by atoms with Gasteiger partial charge in [0.1, 0.15) is 22.9 Å². The molecule has 0 saturated heterocycles. The van der Waals surface area contributed by atoms with Crippen LogP contribution in [-0.4, -0.2) is 26.1 Å². The summed E-state index contributed by atoms with van der Waals surface area (Å²) < 4.78 is 5.51. The lowest BCUT2D eigenvalue weighted by atomic mass is 9.94. The van der Waals surface area contributed by atoms with Crippen LogP contribution in [0.3, 0.4) is 0 Å². The summed E-state index contributed by atoms with van der Waals surface area (Å²) in [5.74, 6) is 0.579. The zero-order valence-electron chi connectivity index (χ0n) is 17.0. The molecular weight excluding hydrogens is 414 g/mol. The van der Waals surface area contributed by atoms with Gasteiger partial charge < -0.3 is 14.4 Å². The van der Waals surface area contributed by atoms with Gasteiger partial charge in [-0.15, -0.1) is 0 Å². The zero-order valence-corrected chi connectivity index (χ0v) is 17.8. The minimum atomic E-state index is -0.388. The molecule has 6 nitrogen and oxygen atoms in total. The fourth-order valence-electron chi connectivity index (χ4n) is 4.09. The van der Waals surface area contributed by atoms with E-state index in [2.05, 4.69) is 10.2 Å². The average molecular weight is 434 g/mol. The number of furan rings is 1. The highest BCUT2D eigenvalue weighted by atomic mass is 35.5. The summed E-state index contributed by atoms with van der Waals surface area (Å²) in [5, 5.41) is 18.4. The molecule has 156 valence electrons. The van der Waals surface area contributed by atoms with E-state index >= 15 is 0 Å². The monoisotopic (exact) mass is 433 g/mol. The highest BCUT2D eigenvalue weighted by molar-refractivity contribution is 6.31. The van der Waals surface area contributed by atoms with E-state index in [1.807, 2.05) is 44.2 Å². The Morgan fingerprint density at radius 1 is 1.19 bits per heavy atom. The van der Waals surface area contributed by atoms with Crippen LogP contribution in [0.25, 0.3) is 11.3 Å². The van der Waals surface area contributed by atoms with Crippen molar-refractivity contribution in [3.63, 3.8) is 0 Å². The number of aryl methyl sites for hydroxylation is 2. The van der Waals surface area contributed by atoms with Crippen LogP contribution in [0.4, 0.5) is 0 Å². The van der Waals surface area contributed by atoms with Crippen molar-refractivity contribution in [2.24, 2.45) is 0 Å². The van der Waals surface area contributed by atoms with Crippen molar-refractivity contribution in [1.29, 1.82) is 0 Å². The van der Waals surface area contributed by atoms with Crippen LogP contribution in [-0.2, 0) is 6.54 Å². The highest BCUT2D eigenvalue weighted by Crippen LogP contribution is 2.45. The first kappa shape index (κ1) is 19.5. The third kappa shape index (κ3) is 3.20. The predicted molar refractivity (Wildman–Crippen MR) is 117 cm³/mol. The van der Waals surface area contributed by atoms with Crippen LogP contribution >= 0.6 is 11.6 Å². The van der Waals surface area contributed by atoms with Gasteiger partial charge in [-0.3, -0.25) is 9.89 Å². The third-order valence-electron chi connectivity index (χ3n) is 5.70. The quantitative estimate of drug-likeness (QED) is 0.452. The number of aromatic amines is 1. The number of benzene rings is 2. The molecule has 4 aromatic rings. The second-order valence-electron chi connectivity index (χ2n) is 7.81. The van der Waals surface area contributed by atoms with Crippen LogP contribution in [0.1, 0.15) is 44.5 Å². The molecule has 0 saturated carbocycles. The van der Waals surface area contributed by atoms with Gasteiger partial charge in [0.2, 0.25) is 0 Å². The van der Waals surface area contributed by atoms with Gasteiger partial charge in [-0.1, -0.05) is 41.4 Å². The van der Waals surface area contributed by atoms with Crippen molar-refractivity contribution in [2.45, 2.75) is 26.4 Å². The Hall–Kier alpha value is -3.51. The van der Waals surface area contributed by atoms with Crippen molar-refractivity contribution < 1.29 is 14.3 Å². The van der Waals surface area contributed by atoms with Gasteiger partial charge in [0.05, 0.1) is 18.8 Å². The van der Waals surface area contributed by atoms with Gasteiger partial charge in [0.25, 0.3) is 5.91 Å². The van der Waals surface area contributed by atoms with Gasteiger partial charge in [0, 0.05) is 16.1 Å². The lowest BCUT2D eigenvalue weighted by molar-refractivity contribution is 0.0717. The number of H-pyrrole nitrogens is 1. The molecule has 1 aliphatic rings. The topological polar surface area (TPSA) is 82.4 Å². The summed E-state index contributed by atoms with van der Waals surface area (Å²) >= 11 is 6.34. The molecule has 1 unspecified atom stereocenters. The molecule has 0 radical (unpaired) electrons. The molecule has 2 N–H and O–H groups in total. The number of aromatic hydroxyl groups is 1. The number of aromatic nitrogens is 2. The van der Waals surface area contributed by atoms with Crippen LogP contribution < -0.4 is 0 Å². The number of carbonyl (C=O) groups is 1. The first-order valence-corrected chi connectivity index (χ1v) is 10.3. The maximum absolute atomic E-state index is 13.3. The molecular formula is C24H20ClN3O3. The summed E-state index contributed by atoms with van der Waals surface area (Å²) in [6.07, 6.45) is 1.59. The molecule has 1 amide bonds. The first-order valence-electron chi connectivity index (χ1n) is 9.91. The van der Waals surface area contributed by atoms with Crippen molar-refractivity contribution in [2.75, 3.05) is 0 Å². The lowest BCUT2D eigenvalue weighted by Crippen LogP contribution is -2.29. The van der Waals surface area contributed by atoms with Crippen LogP contribution in [0, 0.1) is 13.8 Å². The van der Waals surface area contributed by atoms with E-state index in [4.69, 9.17) is 16.0 Å². The third-order valence-corrected chi connectivity index (χ3v) is 6.10. The summed E-state index contributed by atoms with van der Waals surface area (Å²) in [5.41, 5.74) is 4.96. The molecule has 0 aliphatic carbocycles. The largest absolute Gasteiger partial charge is 0.507 e. The van der Waals surface area contributed by atoms with E-state index in [9.17, 15) is 9.90 Å². The maximum Gasteiger partial charge on any atom is 0.273 e. The molecule has 5 rings (SSSR count). The van der Waals surface area contributed by atoms with E-state index < -0.39 is 0 Å². The minimum absolute atomic E-state index is 0.0655. The number of hydrogen-bond donors (Lipinski definition) is 2. The summed E-state index contributed by atoms with van der Waals surface area (Å²) in [6.45, 7) is 4.16. The van der Waals surface area contributed by atoms with Gasteiger partial charge >= 0.3 is 0 Å². The van der Waals surface area contributed by atoms with Crippen molar-refractivity contribution in [3.05, 3.63) is 93.5 Å². The molecule has 0 spiro atoms. The number of phenols is 1. The van der Waals surface area contributed by atoms with Crippen LogP contribution in [0.5, 0.6) is 5.75 Å². The van der Waals surface area contributed by atoms with Crippen LogP contribution in [0.15, 0.2) is 59.2 Å². The normalized spacial score (nSPS) is 15.5. The molecule has 2 aromatic carbocycles. The maximum atomic E-state index is 13.3. The van der Waals surface area contributed by atoms with E-state index in [-0.39, 0.29) is 17.7 Å². The lowest BCUT2D eigenvalue weighted by Gasteiger charge is -2.25. The standard InChI is InChI=1S/C24H20ClN3O3/c1-13-5-7-15(8-6-13)23-20-21(17-11-18(25)14(2)10-19(17)29)26-27-22(20)24(30)28(23)12-16-4-3-9-31-16/h3-11,23,29H,12H2,1-2H3,(H,26,27). The number of phenolic OH excluding ortho intramolecular Hbond substituents is 1. The number of nitrogens with zero attached hydrogens (tertiary/aromatic N) is 2.